The van der Waals surface area contributed by atoms with Gasteiger partial charge >= 0.3 is 0 Å². The van der Waals surface area contributed by atoms with Crippen LogP contribution in [0.1, 0.15) is 25.8 Å². The first-order valence-corrected chi connectivity index (χ1v) is 6.96. The quantitative estimate of drug-likeness (QED) is 0.511. The number of hydrazone groups is 1. The fourth-order valence-electron chi connectivity index (χ4n) is 1.30. The molecule has 1 aromatic carbocycles. The van der Waals surface area contributed by atoms with Crippen LogP contribution in [0.25, 0.3) is 0 Å². The lowest BCUT2D eigenvalue weighted by Crippen LogP contribution is -2.14. The topological polar surface area (TPSA) is 41.5 Å². The van der Waals surface area contributed by atoms with Crippen LogP contribution in [0.2, 0.25) is 0 Å². The maximum atomic E-state index is 10.9. The number of hydrogen-bond acceptors (Lipinski definition) is 4. The Hall–Kier alpha value is -1.20. The number of thioether (sulfide) groups is 1. The number of benzene rings is 1. The minimum absolute atomic E-state index is 0.0981. The van der Waals surface area contributed by atoms with Gasteiger partial charge in [-0.25, -0.2) is 0 Å². The zero-order chi connectivity index (χ0) is 13.4. The van der Waals surface area contributed by atoms with Crippen LogP contribution in [0.15, 0.2) is 35.4 Å². The van der Waals surface area contributed by atoms with Crippen molar-refractivity contribution >= 4 is 39.8 Å². The summed E-state index contributed by atoms with van der Waals surface area (Å²) < 4.78 is 0.613. The van der Waals surface area contributed by atoms with Crippen LogP contribution in [0.5, 0.6) is 0 Å². The zero-order valence-electron chi connectivity index (χ0n) is 10.5. The van der Waals surface area contributed by atoms with Crippen LogP contribution in [0, 0.1) is 0 Å². The second-order valence-corrected chi connectivity index (χ2v) is 5.55. The van der Waals surface area contributed by atoms with Gasteiger partial charge in [0.15, 0.2) is 4.32 Å². The molecule has 0 fully saturated rings. The third kappa shape index (κ3) is 6.51. The summed E-state index contributed by atoms with van der Waals surface area (Å²) in [6.07, 6.45) is 0.360. The van der Waals surface area contributed by atoms with Crippen molar-refractivity contribution in [3.63, 3.8) is 0 Å². The van der Waals surface area contributed by atoms with Crippen molar-refractivity contribution in [3.05, 3.63) is 35.9 Å². The Morgan fingerprint density at radius 1 is 1.33 bits per heavy atom. The number of carbonyl (C=O) groups excluding carboxylic acids is 1. The summed E-state index contributed by atoms with van der Waals surface area (Å²) in [5.41, 5.74) is 4.75. The van der Waals surface area contributed by atoms with Crippen LogP contribution in [-0.4, -0.2) is 15.8 Å². The highest BCUT2D eigenvalue weighted by atomic mass is 32.2. The van der Waals surface area contributed by atoms with E-state index < -0.39 is 0 Å². The van der Waals surface area contributed by atoms with Gasteiger partial charge in [-0.05, 0) is 19.4 Å². The molecular weight excluding hydrogens is 264 g/mol. The first-order valence-electron chi connectivity index (χ1n) is 5.57. The fourth-order valence-corrected chi connectivity index (χ4v) is 2.12. The summed E-state index contributed by atoms with van der Waals surface area (Å²) in [6, 6.07) is 10.1. The molecule has 0 aromatic heterocycles. The molecule has 0 atom stereocenters. The predicted molar refractivity (Wildman–Crippen MR) is 81.9 cm³/mol. The van der Waals surface area contributed by atoms with Crippen molar-refractivity contribution in [2.75, 3.05) is 0 Å². The summed E-state index contributed by atoms with van der Waals surface area (Å²) in [5.74, 6) is 0.912. The number of nitrogens with zero attached hydrogens (tertiary/aromatic N) is 1. The van der Waals surface area contributed by atoms with Crippen molar-refractivity contribution in [2.45, 2.75) is 26.0 Å². The van der Waals surface area contributed by atoms with Gasteiger partial charge in [-0.2, -0.15) is 5.10 Å². The van der Waals surface area contributed by atoms with Crippen molar-refractivity contribution in [1.82, 2.24) is 5.43 Å². The zero-order valence-corrected chi connectivity index (χ0v) is 12.1. The van der Waals surface area contributed by atoms with Crippen molar-refractivity contribution in [2.24, 2.45) is 5.10 Å². The molecule has 0 heterocycles. The van der Waals surface area contributed by atoms with E-state index in [1.54, 1.807) is 13.8 Å². The molecule has 3 nitrogen and oxygen atoms in total. The standard InChI is InChI=1S/C13H16N2OS2/c1-10(8-11(2)16)14-15-13(17)18-9-12-6-4-3-5-7-12/h3-7H,8-9H2,1-2H3,(H,15,17). The maximum absolute atomic E-state index is 10.9. The lowest BCUT2D eigenvalue weighted by Gasteiger charge is -2.04. The fraction of sp³-hybridized carbons (Fsp3) is 0.308. The first-order chi connectivity index (χ1) is 8.58. The molecule has 1 N–H and O–H groups in total. The van der Waals surface area contributed by atoms with Crippen LogP contribution >= 0.6 is 24.0 Å². The van der Waals surface area contributed by atoms with E-state index in [0.29, 0.717) is 10.7 Å². The summed E-state index contributed by atoms with van der Waals surface area (Å²) in [4.78, 5) is 10.9. The monoisotopic (exact) mass is 280 g/mol. The average molecular weight is 280 g/mol. The molecule has 0 bridgehead atoms. The van der Waals surface area contributed by atoms with E-state index in [9.17, 15) is 4.79 Å². The third-order valence-electron chi connectivity index (χ3n) is 2.06. The van der Waals surface area contributed by atoms with Crippen LogP contribution in [-0.2, 0) is 10.5 Å². The van der Waals surface area contributed by atoms with Gasteiger partial charge in [-0.3, -0.25) is 10.2 Å². The van der Waals surface area contributed by atoms with Crippen molar-refractivity contribution in [3.8, 4) is 0 Å². The van der Waals surface area contributed by atoms with E-state index in [4.69, 9.17) is 12.2 Å². The lowest BCUT2D eigenvalue weighted by atomic mass is 10.2. The van der Waals surface area contributed by atoms with Gasteiger partial charge in [0.25, 0.3) is 0 Å². The Labute approximate surface area is 117 Å². The van der Waals surface area contributed by atoms with E-state index in [1.807, 2.05) is 18.2 Å². The molecular formula is C13H16N2OS2. The molecule has 0 aliphatic carbocycles. The Morgan fingerprint density at radius 2 is 2.00 bits per heavy atom. The summed E-state index contributed by atoms with van der Waals surface area (Å²) >= 11 is 6.66. The molecule has 0 aliphatic heterocycles. The molecule has 1 aromatic rings. The van der Waals surface area contributed by atoms with Gasteiger partial charge in [0.1, 0.15) is 5.78 Å². The third-order valence-corrected chi connectivity index (χ3v) is 3.33. The maximum Gasteiger partial charge on any atom is 0.154 e. The van der Waals surface area contributed by atoms with Gasteiger partial charge in [0, 0.05) is 17.9 Å². The van der Waals surface area contributed by atoms with Crippen molar-refractivity contribution in [1.29, 1.82) is 0 Å². The molecule has 5 heteroatoms. The summed E-state index contributed by atoms with van der Waals surface area (Å²) in [7, 11) is 0. The SMILES string of the molecule is CC(=O)CC(C)=NNC(=S)SCc1ccccc1. The molecule has 0 radical (unpaired) electrons. The van der Waals surface area contributed by atoms with Crippen LogP contribution in [0.3, 0.4) is 0 Å². The highest BCUT2D eigenvalue weighted by Crippen LogP contribution is 2.12. The molecule has 0 saturated heterocycles. The smallest absolute Gasteiger partial charge is 0.154 e. The summed E-state index contributed by atoms with van der Waals surface area (Å²) in [5, 5.41) is 4.06. The minimum atomic E-state index is 0.0981. The predicted octanol–water partition coefficient (Wildman–Crippen LogP) is 3.15. The summed E-state index contributed by atoms with van der Waals surface area (Å²) in [6.45, 7) is 3.35. The molecule has 0 aliphatic rings. The van der Waals surface area contributed by atoms with Crippen LogP contribution < -0.4 is 5.43 Å². The highest BCUT2D eigenvalue weighted by molar-refractivity contribution is 8.22. The molecule has 0 amide bonds. The van der Waals surface area contributed by atoms with Gasteiger partial charge in [-0.1, -0.05) is 54.3 Å². The number of nitrogens with one attached hydrogen (secondary N) is 1. The van der Waals surface area contributed by atoms with Gasteiger partial charge in [0.2, 0.25) is 0 Å². The number of hydrogen-bond donors (Lipinski definition) is 1. The number of thiocarbonyl (C=S) groups is 1. The van der Waals surface area contributed by atoms with E-state index in [0.717, 1.165) is 11.5 Å². The molecule has 1 rings (SSSR count). The van der Waals surface area contributed by atoms with Gasteiger partial charge in [0.05, 0.1) is 0 Å². The Kier molecular flexibility index (Phi) is 6.60. The number of Topliss-reactive ketones (excluding diaryl/α,β-unsaturated/α-hetero) is 1. The minimum Gasteiger partial charge on any atom is -0.300 e. The number of ketones is 1. The Bertz CT molecular complexity index is 444. The van der Waals surface area contributed by atoms with Crippen molar-refractivity contribution < 1.29 is 4.79 Å². The van der Waals surface area contributed by atoms with Gasteiger partial charge < -0.3 is 0 Å². The second kappa shape index (κ2) is 8.00. The van der Waals surface area contributed by atoms with Gasteiger partial charge in [-0.15, -0.1) is 0 Å². The van der Waals surface area contributed by atoms with E-state index >= 15 is 0 Å². The molecule has 0 spiro atoms. The largest absolute Gasteiger partial charge is 0.300 e. The Morgan fingerprint density at radius 3 is 2.61 bits per heavy atom. The van der Waals surface area contributed by atoms with E-state index in [2.05, 4.69) is 22.7 Å². The molecule has 18 heavy (non-hydrogen) atoms. The molecule has 0 saturated carbocycles. The molecule has 0 unspecified atom stereocenters. The molecule has 96 valence electrons. The highest BCUT2D eigenvalue weighted by Gasteiger charge is 2.00. The van der Waals surface area contributed by atoms with E-state index in [-0.39, 0.29) is 5.78 Å². The van der Waals surface area contributed by atoms with E-state index in [1.165, 1.54) is 17.3 Å². The lowest BCUT2D eigenvalue weighted by molar-refractivity contribution is -0.115. The first kappa shape index (κ1) is 14.9. The second-order valence-electron chi connectivity index (χ2n) is 3.90. The number of rotatable bonds is 5. The Balaban J connectivity index is 2.32. The number of carbonyl (C=O) groups is 1. The average Bonchev–Trinajstić information content (AvgIpc) is 2.34. The normalized spacial score (nSPS) is 11.1. The van der Waals surface area contributed by atoms with Crippen LogP contribution in [0.4, 0.5) is 0 Å².